The molecule has 3 aliphatic rings. The van der Waals surface area contributed by atoms with Crippen molar-refractivity contribution in [1.29, 1.82) is 0 Å². The third-order valence-corrected chi connectivity index (χ3v) is 9.48. The molecule has 0 bridgehead atoms. The summed E-state index contributed by atoms with van der Waals surface area (Å²) < 4.78 is 29.3. The van der Waals surface area contributed by atoms with Gasteiger partial charge in [-0.2, -0.15) is 17.0 Å². The quantitative estimate of drug-likeness (QED) is 0.654. The number of hydrogen-bond acceptors (Lipinski definition) is 5. The Morgan fingerprint density at radius 2 is 1.67 bits per heavy atom. The highest BCUT2D eigenvalue weighted by molar-refractivity contribution is 7.86. The summed E-state index contributed by atoms with van der Waals surface area (Å²) >= 11 is 0. The molecule has 1 aromatic rings. The lowest BCUT2D eigenvalue weighted by Gasteiger charge is -2.38. The topological polar surface area (TPSA) is 76.2 Å². The van der Waals surface area contributed by atoms with Crippen molar-refractivity contribution in [2.24, 2.45) is 0 Å². The third kappa shape index (κ3) is 5.88. The lowest BCUT2D eigenvalue weighted by molar-refractivity contribution is -0.117. The van der Waals surface area contributed by atoms with Crippen molar-refractivity contribution in [1.82, 2.24) is 13.5 Å². The van der Waals surface area contributed by atoms with Gasteiger partial charge in [-0.1, -0.05) is 19.3 Å². The van der Waals surface area contributed by atoms with E-state index in [-0.39, 0.29) is 18.5 Å². The van der Waals surface area contributed by atoms with E-state index in [4.69, 9.17) is 0 Å². The van der Waals surface area contributed by atoms with E-state index in [0.29, 0.717) is 26.2 Å². The van der Waals surface area contributed by atoms with Crippen LogP contribution in [0.1, 0.15) is 50.5 Å². The minimum absolute atomic E-state index is 0.0531. The Kier molecular flexibility index (Phi) is 7.94. The molecule has 2 saturated heterocycles. The average molecular weight is 478 g/mol. The first kappa shape index (κ1) is 24.4. The van der Waals surface area contributed by atoms with Gasteiger partial charge in [0.05, 0.1) is 6.54 Å². The number of anilines is 2. The Balaban J connectivity index is 1.26. The lowest BCUT2D eigenvalue weighted by atomic mass is 9.96. The van der Waals surface area contributed by atoms with E-state index in [1.54, 1.807) is 15.7 Å². The van der Waals surface area contributed by atoms with Crippen molar-refractivity contribution in [2.45, 2.75) is 57.9 Å². The zero-order valence-corrected chi connectivity index (χ0v) is 20.9. The Bertz CT molecular complexity index is 918. The average Bonchev–Trinajstić information content (AvgIpc) is 3.36. The molecule has 0 aromatic heterocycles. The highest BCUT2D eigenvalue weighted by Gasteiger charge is 2.34. The number of rotatable bonds is 7. The van der Waals surface area contributed by atoms with Crippen LogP contribution in [-0.2, 0) is 15.0 Å². The lowest BCUT2D eigenvalue weighted by Crippen LogP contribution is -2.55. The van der Waals surface area contributed by atoms with Crippen molar-refractivity contribution < 1.29 is 13.2 Å². The Labute approximate surface area is 199 Å². The van der Waals surface area contributed by atoms with E-state index in [2.05, 4.69) is 22.3 Å². The normalized spacial score (nSPS) is 21.6. The number of nitrogens with zero attached hydrogens (tertiary/aromatic N) is 4. The summed E-state index contributed by atoms with van der Waals surface area (Å²) in [4.78, 5) is 17.1. The second kappa shape index (κ2) is 10.7. The van der Waals surface area contributed by atoms with Gasteiger partial charge in [0.25, 0.3) is 10.2 Å². The van der Waals surface area contributed by atoms with E-state index in [1.165, 1.54) is 24.9 Å². The molecular weight excluding hydrogens is 438 g/mol. The maximum atomic E-state index is 13.1. The van der Waals surface area contributed by atoms with Gasteiger partial charge in [-0.05, 0) is 56.4 Å². The van der Waals surface area contributed by atoms with Gasteiger partial charge in [0, 0.05) is 63.7 Å². The molecule has 2 aliphatic heterocycles. The summed E-state index contributed by atoms with van der Waals surface area (Å²) in [6.07, 6.45) is 7.80. The van der Waals surface area contributed by atoms with Crippen molar-refractivity contribution in [3.05, 3.63) is 23.8 Å². The summed E-state index contributed by atoms with van der Waals surface area (Å²) in [6, 6.07) is 6.34. The van der Waals surface area contributed by atoms with Crippen LogP contribution in [-0.4, -0.2) is 86.7 Å². The molecule has 0 spiro atoms. The molecule has 2 heterocycles. The van der Waals surface area contributed by atoms with Gasteiger partial charge in [0.15, 0.2) is 0 Å². The molecule has 8 nitrogen and oxygen atoms in total. The maximum Gasteiger partial charge on any atom is 0.282 e. The van der Waals surface area contributed by atoms with Crippen LogP contribution in [0.15, 0.2) is 18.2 Å². The molecule has 1 aromatic carbocycles. The third-order valence-electron chi connectivity index (χ3n) is 7.43. The van der Waals surface area contributed by atoms with Crippen LogP contribution >= 0.6 is 0 Å². The van der Waals surface area contributed by atoms with Crippen LogP contribution in [0.25, 0.3) is 0 Å². The van der Waals surface area contributed by atoms with Gasteiger partial charge < -0.3 is 10.2 Å². The van der Waals surface area contributed by atoms with E-state index >= 15 is 0 Å². The fraction of sp³-hybridized carbons (Fsp3) is 0.708. The van der Waals surface area contributed by atoms with E-state index in [1.807, 2.05) is 17.9 Å². The molecule has 3 fully saturated rings. The zero-order valence-electron chi connectivity index (χ0n) is 20.1. The van der Waals surface area contributed by atoms with Gasteiger partial charge in [0.2, 0.25) is 5.91 Å². The first-order valence-electron chi connectivity index (χ1n) is 12.5. The first-order valence-corrected chi connectivity index (χ1v) is 13.9. The monoisotopic (exact) mass is 477 g/mol. The molecule has 1 amide bonds. The number of carbonyl (C=O) groups is 1. The number of piperazine rings is 1. The molecule has 1 saturated carbocycles. The van der Waals surface area contributed by atoms with Crippen LogP contribution in [0.2, 0.25) is 0 Å². The van der Waals surface area contributed by atoms with Gasteiger partial charge in [-0.25, -0.2) is 0 Å². The summed E-state index contributed by atoms with van der Waals surface area (Å²) in [5.74, 6) is -0.0531. The summed E-state index contributed by atoms with van der Waals surface area (Å²) in [5, 5.41) is 3.04. The van der Waals surface area contributed by atoms with Crippen LogP contribution in [0.5, 0.6) is 0 Å². The zero-order chi connectivity index (χ0) is 23.4. The Morgan fingerprint density at radius 3 is 2.30 bits per heavy atom. The molecule has 9 heteroatoms. The van der Waals surface area contributed by atoms with Crippen LogP contribution in [0.3, 0.4) is 0 Å². The molecule has 33 heavy (non-hydrogen) atoms. The Morgan fingerprint density at radius 1 is 1.00 bits per heavy atom. The Hall–Kier alpha value is -1.68. The number of hydrogen-bond donors (Lipinski definition) is 1. The number of nitrogens with one attached hydrogen (secondary N) is 1. The van der Waals surface area contributed by atoms with Crippen LogP contribution in [0, 0.1) is 6.92 Å². The van der Waals surface area contributed by atoms with Crippen LogP contribution < -0.4 is 10.2 Å². The van der Waals surface area contributed by atoms with E-state index in [0.717, 1.165) is 50.0 Å². The van der Waals surface area contributed by atoms with E-state index in [9.17, 15) is 13.2 Å². The molecule has 184 valence electrons. The standard InChI is InChI=1S/C24H39N5O3S/c1-20-18-22(28-12-6-7-13-28)10-11-23(20)25-24(30)19-27-14-16-29(17-15-27)33(31,32)26(2)21-8-4-3-5-9-21/h10-11,18,21H,3-9,12-17,19H2,1-2H3,(H,25,30). The summed E-state index contributed by atoms with van der Waals surface area (Å²) in [6.45, 7) is 6.50. The number of benzene rings is 1. The molecular formula is C24H39N5O3S. The SMILES string of the molecule is Cc1cc(N2CCCC2)ccc1NC(=O)CN1CCN(S(=O)(=O)N(C)C2CCCCC2)CC1. The molecule has 0 unspecified atom stereocenters. The van der Waals surface area contributed by atoms with Gasteiger partial charge in [-0.3, -0.25) is 9.69 Å². The van der Waals surface area contributed by atoms with Crippen LogP contribution in [0.4, 0.5) is 11.4 Å². The van der Waals surface area contributed by atoms with E-state index < -0.39 is 10.2 Å². The molecule has 0 radical (unpaired) electrons. The second-order valence-electron chi connectivity index (χ2n) is 9.73. The highest BCUT2D eigenvalue weighted by Crippen LogP contribution is 2.26. The number of aryl methyl sites for hydroxylation is 1. The summed E-state index contributed by atoms with van der Waals surface area (Å²) in [7, 11) is -1.72. The van der Waals surface area contributed by atoms with Crippen molar-refractivity contribution in [3.8, 4) is 0 Å². The van der Waals surface area contributed by atoms with Gasteiger partial charge in [-0.15, -0.1) is 0 Å². The van der Waals surface area contributed by atoms with Crippen molar-refractivity contribution in [3.63, 3.8) is 0 Å². The molecule has 1 N–H and O–H groups in total. The predicted octanol–water partition coefficient (Wildman–Crippen LogP) is 2.66. The minimum Gasteiger partial charge on any atom is -0.372 e. The van der Waals surface area contributed by atoms with Gasteiger partial charge >= 0.3 is 0 Å². The molecule has 0 atom stereocenters. The van der Waals surface area contributed by atoms with Gasteiger partial charge in [0.1, 0.15) is 0 Å². The minimum atomic E-state index is -3.44. The maximum absolute atomic E-state index is 13.1. The van der Waals surface area contributed by atoms with Crippen molar-refractivity contribution >= 4 is 27.5 Å². The molecule has 1 aliphatic carbocycles. The molecule has 4 rings (SSSR count). The fourth-order valence-electron chi connectivity index (χ4n) is 5.29. The predicted molar refractivity (Wildman–Crippen MR) is 133 cm³/mol. The van der Waals surface area contributed by atoms with Crippen molar-refractivity contribution in [2.75, 3.05) is 63.1 Å². The second-order valence-corrected chi connectivity index (χ2v) is 11.7. The fourth-order valence-corrected chi connectivity index (χ4v) is 6.86. The largest absolute Gasteiger partial charge is 0.372 e. The number of carbonyl (C=O) groups excluding carboxylic acids is 1. The summed E-state index contributed by atoms with van der Waals surface area (Å²) in [5.41, 5.74) is 3.13. The smallest absolute Gasteiger partial charge is 0.282 e. The highest BCUT2D eigenvalue weighted by atomic mass is 32.2. The number of amides is 1. The first-order chi connectivity index (χ1) is 15.8.